The Kier molecular flexibility index (Phi) is 3.23. The van der Waals surface area contributed by atoms with Gasteiger partial charge in [0.2, 0.25) is 0 Å². The molecule has 1 aromatic carbocycles. The van der Waals surface area contributed by atoms with E-state index in [1.165, 1.54) is 12.4 Å². The standard InChI is InChI=1S/C13H14N4O/c1-8-3-4-10(9(2)5-8)17-13(18)11-6-16-12(14)7-15-11/h3-7H,1-2H3,(H2,14,16)(H,17,18). The number of anilines is 2. The zero-order valence-electron chi connectivity index (χ0n) is 10.3. The SMILES string of the molecule is Cc1ccc(NC(=O)c2cnc(N)cn2)c(C)c1. The van der Waals surface area contributed by atoms with Gasteiger partial charge in [0.1, 0.15) is 11.5 Å². The summed E-state index contributed by atoms with van der Waals surface area (Å²) >= 11 is 0. The number of hydrogen-bond donors (Lipinski definition) is 2. The van der Waals surface area contributed by atoms with Crippen LogP contribution in [0, 0.1) is 13.8 Å². The fourth-order valence-electron chi connectivity index (χ4n) is 1.60. The summed E-state index contributed by atoms with van der Waals surface area (Å²) in [5, 5.41) is 2.79. The Morgan fingerprint density at radius 1 is 1.22 bits per heavy atom. The monoisotopic (exact) mass is 242 g/mol. The van der Waals surface area contributed by atoms with Crippen molar-refractivity contribution in [3.8, 4) is 0 Å². The van der Waals surface area contributed by atoms with E-state index in [-0.39, 0.29) is 17.4 Å². The van der Waals surface area contributed by atoms with Crippen LogP contribution in [0.3, 0.4) is 0 Å². The summed E-state index contributed by atoms with van der Waals surface area (Å²) < 4.78 is 0. The first-order valence-electron chi connectivity index (χ1n) is 5.52. The van der Waals surface area contributed by atoms with Crippen molar-refractivity contribution in [2.45, 2.75) is 13.8 Å². The van der Waals surface area contributed by atoms with Crippen molar-refractivity contribution < 1.29 is 4.79 Å². The van der Waals surface area contributed by atoms with E-state index in [2.05, 4.69) is 15.3 Å². The molecule has 0 unspecified atom stereocenters. The average molecular weight is 242 g/mol. The summed E-state index contributed by atoms with van der Waals surface area (Å²) in [5.74, 6) is -0.00693. The highest BCUT2D eigenvalue weighted by Crippen LogP contribution is 2.16. The van der Waals surface area contributed by atoms with E-state index in [1.54, 1.807) is 0 Å². The molecule has 0 atom stereocenters. The van der Waals surface area contributed by atoms with Crippen LogP contribution in [0.5, 0.6) is 0 Å². The van der Waals surface area contributed by atoms with Crippen molar-refractivity contribution in [3.63, 3.8) is 0 Å². The Hall–Kier alpha value is -2.43. The summed E-state index contributed by atoms with van der Waals surface area (Å²) in [6, 6.07) is 5.81. The van der Waals surface area contributed by atoms with Crippen LogP contribution in [-0.4, -0.2) is 15.9 Å². The van der Waals surface area contributed by atoms with Crippen LogP contribution in [0.25, 0.3) is 0 Å². The van der Waals surface area contributed by atoms with Gasteiger partial charge in [-0.15, -0.1) is 0 Å². The second kappa shape index (κ2) is 4.83. The first-order chi connectivity index (χ1) is 8.56. The lowest BCUT2D eigenvalue weighted by molar-refractivity contribution is 0.102. The van der Waals surface area contributed by atoms with Gasteiger partial charge in [0, 0.05) is 5.69 Å². The van der Waals surface area contributed by atoms with Crippen molar-refractivity contribution in [3.05, 3.63) is 47.4 Å². The van der Waals surface area contributed by atoms with E-state index >= 15 is 0 Å². The molecule has 0 saturated carbocycles. The van der Waals surface area contributed by atoms with E-state index in [9.17, 15) is 4.79 Å². The number of carbonyl (C=O) groups excluding carboxylic acids is 1. The second-order valence-electron chi connectivity index (χ2n) is 4.10. The van der Waals surface area contributed by atoms with Gasteiger partial charge in [0.15, 0.2) is 0 Å². The molecule has 3 N–H and O–H groups in total. The van der Waals surface area contributed by atoms with Crippen LogP contribution in [0.1, 0.15) is 21.6 Å². The van der Waals surface area contributed by atoms with Gasteiger partial charge in [-0.3, -0.25) is 4.79 Å². The summed E-state index contributed by atoms with van der Waals surface area (Å²) in [6.07, 6.45) is 2.71. The normalized spacial score (nSPS) is 10.1. The predicted octanol–water partition coefficient (Wildman–Crippen LogP) is 1.93. The molecule has 2 rings (SSSR count). The Morgan fingerprint density at radius 2 is 2.00 bits per heavy atom. The molecule has 1 amide bonds. The van der Waals surface area contributed by atoms with E-state index in [4.69, 9.17) is 5.73 Å². The number of nitrogens with zero attached hydrogens (tertiary/aromatic N) is 2. The van der Waals surface area contributed by atoms with Gasteiger partial charge < -0.3 is 11.1 Å². The number of hydrogen-bond acceptors (Lipinski definition) is 4. The minimum absolute atomic E-state index is 0.240. The highest BCUT2D eigenvalue weighted by molar-refractivity contribution is 6.03. The largest absolute Gasteiger partial charge is 0.382 e. The van der Waals surface area contributed by atoms with Crippen LogP contribution in [0.4, 0.5) is 11.5 Å². The molecule has 0 saturated heterocycles. The van der Waals surface area contributed by atoms with Crippen molar-refractivity contribution in [2.75, 3.05) is 11.1 Å². The molecule has 0 radical (unpaired) electrons. The van der Waals surface area contributed by atoms with Gasteiger partial charge in [0.25, 0.3) is 5.91 Å². The second-order valence-corrected chi connectivity index (χ2v) is 4.10. The van der Waals surface area contributed by atoms with E-state index in [1.807, 2.05) is 32.0 Å². The van der Waals surface area contributed by atoms with E-state index in [0.29, 0.717) is 0 Å². The third-order valence-corrected chi connectivity index (χ3v) is 2.53. The molecular formula is C13H14N4O. The highest BCUT2D eigenvalue weighted by Gasteiger charge is 2.09. The summed E-state index contributed by atoms with van der Waals surface area (Å²) in [6.45, 7) is 3.95. The lowest BCUT2D eigenvalue weighted by Gasteiger charge is -2.08. The van der Waals surface area contributed by atoms with Crippen molar-refractivity contribution in [2.24, 2.45) is 0 Å². The maximum atomic E-state index is 11.9. The summed E-state index contributed by atoms with van der Waals surface area (Å²) in [4.78, 5) is 19.7. The predicted molar refractivity (Wildman–Crippen MR) is 70.3 cm³/mol. The van der Waals surface area contributed by atoms with Crippen LogP contribution < -0.4 is 11.1 Å². The number of aromatic nitrogens is 2. The smallest absolute Gasteiger partial charge is 0.275 e. The Balaban J connectivity index is 2.18. The van der Waals surface area contributed by atoms with E-state index < -0.39 is 0 Å². The maximum absolute atomic E-state index is 11.9. The first kappa shape index (κ1) is 12.0. The van der Waals surface area contributed by atoms with Crippen molar-refractivity contribution >= 4 is 17.4 Å². The Morgan fingerprint density at radius 3 is 2.61 bits per heavy atom. The van der Waals surface area contributed by atoms with Crippen LogP contribution in [-0.2, 0) is 0 Å². The molecule has 5 nitrogen and oxygen atoms in total. The fraction of sp³-hybridized carbons (Fsp3) is 0.154. The average Bonchev–Trinajstić information content (AvgIpc) is 2.33. The molecule has 0 spiro atoms. The molecule has 1 heterocycles. The number of aryl methyl sites for hydroxylation is 2. The van der Waals surface area contributed by atoms with Gasteiger partial charge in [-0.25, -0.2) is 9.97 Å². The van der Waals surface area contributed by atoms with Gasteiger partial charge in [-0.2, -0.15) is 0 Å². The van der Waals surface area contributed by atoms with Crippen LogP contribution in [0.2, 0.25) is 0 Å². The first-order valence-corrected chi connectivity index (χ1v) is 5.52. The highest BCUT2D eigenvalue weighted by atomic mass is 16.1. The number of amides is 1. The number of rotatable bonds is 2. The quantitative estimate of drug-likeness (QED) is 0.843. The molecule has 0 aliphatic heterocycles. The van der Waals surface area contributed by atoms with Crippen LogP contribution >= 0.6 is 0 Å². The third-order valence-electron chi connectivity index (χ3n) is 2.53. The molecule has 0 aliphatic carbocycles. The molecule has 2 aromatic rings. The summed E-state index contributed by atoms with van der Waals surface area (Å²) in [5.41, 5.74) is 8.58. The molecule has 18 heavy (non-hydrogen) atoms. The Bertz CT molecular complexity index is 578. The Labute approximate surface area is 105 Å². The lowest BCUT2D eigenvalue weighted by atomic mass is 10.1. The minimum Gasteiger partial charge on any atom is -0.382 e. The number of nitrogen functional groups attached to an aromatic ring is 1. The van der Waals surface area contributed by atoms with Gasteiger partial charge in [0.05, 0.1) is 12.4 Å². The molecular weight excluding hydrogens is 228 g/mol. The lowest BCUT2D eigenvalue weighted by Crippen LogP contribution is -2.15. The molecule has 5 heteroatoms. The number of carbonyl (C=O) groups is 1. The van der Waals surface area contributed by atoms with Gasteiger partial charge >= 0.3 is 0 Å². The minimum atomic E-state index is -0.297. The van der Waals surface area contributed by atoms with Crippen LogP contribution in [0.15, 0.2) is 30.6 Å². The number of nitrogens with two attached hydrogens (primary N) is 1. The summed E-state index contributed by atoms with van der Waals surface area (Å²) in [7, 11) is 0. The maximum Gasteiger partial charge on any atom is 0.275 e. The third kappa shape index (κ3) is 2.63. The van der Waals surface area contributed by atoms with Gasteiger partial charge in [-0.1, -0.05) is 17.7 Å². The molecule has 0 bridgehead atoms. The van der Waals surface area contributed by atoms with Gasteiger partial charge in [-0.05, 0) is 25.5 Å². The number of nitrogens with one attached hydrogen (secondary N) is 1. The van der Waals surface area contributed by atoms with Crippen molar-refractivity contribution in [1.29, 1.82) is 0 Å². The zero-order chi connectivity index (χ0) is 13.1. The topological polar surface area (TPSA) is 80.9 Å². The molecule has 92 valence electrons. The fourth-order valence-corrected chi connectivity index (χ4v) is 1.60. The van der Waals surface area contributed by atoms with E-state index in [0.717, 1.165) is 16.8 Å². The number of benzene rings is 1. The zero-order valence-corrected chi connectivity index (χ0v) is 10.3. The van der Waals surface area contributed by atoms with Crippen molar-refractivity contribution in [1.82, 2.24) is 9.97 Å². The molecule has 1 aromatic heterocycles. The molecule has 0 fully saturated rings. The molecule has 0 aliphatic rings.